The van der Waals surface area contributed by atoms with Gasteiger partial charge in [-0.3, -0.25) is 14.6 Å². The summed E-state index contributed by atoms with van der Waals surface area (Å²) in [7, 11) is 2.13. The van der Waals surface area contributed by atoms with Crippen molar-refractivity contribution in [2.75, 3.05) is 44.3 Å². The van der Waals surface area contributed by atoms with Gasteiger partial charge >= 0.3 is 0 Å². The molecule has 1 fully saturated rings. The second-order valence-corrected chi connectivity index (χ2v) is 6.12. The van der Waals surface area contributed by atoms with Crippen LogP contribution < -0.4 is 11.1 Å². The van der Waals surface area contributed by atoms with Crippen LogP contribution in [0.15, 0.2) is 24.3 Å². The number of hydrogen-bond donors (Lipinski definition) is 2. The fraction of sp³-hybridized carbons (Fsp3) is 0.533. The topological polar surface area (TPSA) is 61.6 Å². The third kappa shape index (κ3) is 3.71. The molecule has 1 heterocycles. The molecule has 0 radical (unpaired) electrons. The van der Waals surface area contributed by atoms with E-state index in [1.165, 1.54) is 0 Å². The average Bonchev–Trinajstić information content (AvgIpc) is 2.33. The van der Waals surface area contributed by atoms with Crippen molar-refractivity contribution in [1.82, 2.24) is 9.80 Å². The van der Waals surface area contributed by atoms with Crippen LogP contribution in [-0.4, -0.2) is 54.5 Å². The van der Waals surface area contributed by atoms with Gasteiger partial charge in [0.05, 0.1) is 6.54 Å². The number of rotatable bonds is 3. The quantitative estimate of drug-likeness (QED) is 0.815. The summed E-state index contributed by atoms with van der Waals surface area (Å²) in [5.41, 5.74) is 7.22. The first-order valence-electron chi connectivity index (χ1n) is 6.96. The van der Waals surface area contributed by atoms with Crippen molar-refractivity contribution < 1.29 is 4.79 Å². The Labute approximate surface area is 120 Å². The van der Waals surface area contributed by atoms with Crippen LogP contribution in [0.5, 0.6) is 0 Å². The first kappa shape index (κ1) is 14.8. The van der Waals surface area contributed by atoms with E-state index in [9.17, 15) is 4.79 Å². The highest BCUT2D eigenvalue weighted by Crippen LogP contribution is 2.18. The van der Waals surface area contributed by atoms with Gasteiger partial charge in [-0.2, -0.15) is 0 Å². The fourth-order valence-corrected chi connectivity index (χ4v) is 2.50. The maximum Gasteiger partial charge on any atom is 0.238 e. The number of benzene rings is 1. The summed E-state index contributed by atoms with van der Waals surface area (Å²) >= 11 is 0. The van der Waals surface area contributed by atoms with E-state index in [0.717, 1.165) is 25.3 Å². The summed E-state index contributed by atoms with van der Waals surface area (Å²) in [5.74, 6) is 0.0101. The second-order valence-electron chi connectivity index (χ2n) is 6.12. The molecule has 1 aromatic rings. The Balaban J connectivity index is 1.89. The zero-order valence-corrected chi connectivity index (χ0v) is 12.5. The van der Waals surface area contributed by atoms with Crippen molar-refractivity contribution in [3.05, 3.63) is 24.3 Å². The summed E-state index contributed by atoms with van der Waals surface area (Å²) < 4.78 is 0. The number of nitrogens with one attached hydrogen (secondary N) is 1. The van der Waals surface area contributed by atoms with E-state index in [0.29, 0.717) is 12.2 Å². The number of likely N-dealkylation sites (N-methyl/N-ethyl adjacent to an activating group) is 1. The minimum atomic E-state index is 0.0101. The van der Waals surface area contributed by atoms with E-state index in [1.54, 1.807) is 12.1 Å². The number of nitrogens with two attached hydrogens (primary N) is 1. The van der Waals surface area contributed by atoms with Gasteiger partial charge < -0.3 is 11.1 Å². The summed E-state index contributed by atoms with van der Waals surface area (Å²) in [6.07, 6.45) is 0. The second kappa shape index (κ2) is 5.81. The number of nitrogen functional groups attached to an aromatic ring is 1. The van der Waals surface area contributed by atoms with Crippen LogP contribution in [0.1, 0.15) is 13.8 Å². The molecule has 5 nitrogen and oxygen atoms in total. The Hall–Kier alpha value is -1.59. The number of amides is 1. The lowest BCUT2D eigenvalue weighted by Gasteiger charge is -2.45. The third-order valence-electron chi connectivity index (χ3n) is 3.93. The molecule has 20 heavy (non-hydrogen) atoms. The first-order valence-corrected chi connectivity index (χ1v) is 6.96. The molecule has 110 valence electrons. The van der Waals surface area contributed by atoms with Crippen LogP contribution in [0.3, 0.4) is 0 Å². The molecule has 1 saturated heterocycles. The van der Waals surface area contributed by atoms with Gasteiger partial charge in [0.1, 0.15) is 0 Å². The number of hydrogen-bond acceptors (Lipinski definition) is 4. The van der Waals surface area contributed by atoms with Crippen molar-refractivity contribution in [3.63, 3.8) is 0 Å². The monoisotopic (exact) mass is 276 g/mol. The highest BCUT2D eigenvalue weighted by atomic mass is 16.2. The number of carbonyl (C=O) groups is 1. The molecule has 3 N–H and O–H groups in total. The summed E-state index contributed by atoms with van der Waals surface area (Å²) in [6, 6.07) is 7.26. The Morgan fingerprint density at radius 2 is 2.15 bits per heavy atom. The van der Waals surface area contributed by atoms with Crippen LogP contribution in [-0.2, 0) is 4.79 Å². The van der Waals surface area contributed by atoms with Crippen LogP contribution >= 0.6 is 0 Å². The van der Waals surface area contributed by atoms with Gasteiger partial charge in [0.2, 0.25) is 5.91 Å². The molecule has 0 aromatic heterocycles. The van der Waals surface area contributed by atoms with Crippen molar-refractivity contribution in [2.24, 2.45) is 0 Å². The lowest BCUT2D eigenvalue weighted by Crippen LogP contribution is -2.58. The highest BCUT2D eigenvalue weighted by Gasteiger charge is 2.31. The Bertz CT molecular complexity index is 487. The molecule has 1 aromatic carbocycles. The molecule has 1 aliphatic heterocycles. The van der Waals surface area contributed by atoms with Gasteiger partial charge in [-0.25, -0.2) is 0 Å². The number of anilines is 2. The molecule has 0 atom stereocenters. The molecule has 0 spiro atoms. The van der Waals surface area contributed by atoms with E-state index in [2.05, 4.69) is 36.0 Å². The Kier molecular flexibility index (Phi) is 4.30. The molecule has 0 saturated carbocycles. The van der Waals surface area contributed by atoms with Crippen molar-refractivity contribution in [3.8, 4) is 0 Å². The summed E-state index contributed by atoms with van der Waals surface area (Å²) in [6.45, 7) is 7.63. The van der Waals surface area contributed by atoms with Crippen LogP contribution in [0.2, 0.25) is 0 Å². The first-order chi connectivity index (χ1) is 9.37. The molecule has 1 amide bonds. The SMILES string of the molecule is CN1CCN(CC(=O)Nc2cccc(N)c2)CC1(C)C. The van der Waals surface area contributed by atoms with Crippen molar-refractivity contribution in [1.29, 1.82) is 0 Å². The van der Waals surface area contributed by atoms with Gasteiger partial charge in [-0.05, 0) is 39.1 Å². The third-order valence-corrected chi connectivity index (χ3v) is 3.93. The van der Waals surface area contributed by atoms with E-state index in [4.69, 9.17) is 5.73 Å². The number of nitrogens with zero attached hydrogens (tertiary/aromatic N) is 2. The molecular weight excluding hydrogens is 252 g/mol. The molecule has 0 unspecified atom stereocenters. The predicted octanol–water partition coefficient (Wildman–Crippen LogP) is 1.23. The van der Waals surface area contributed by atoms with Gasteiger partial charge in [-0.15, -0.1) is 0 Å². The van der Waals surface area contributed by atoms with Gasteiger partial charge in [0, 0.05) is 36.5 Å². The van der Waals surface area contributed by atoms with Crippen molar-refractivity contribution in [2.45, 2.75) is 19.4 Å². The van der Waals surface area contributed by atoms with Gasteiger partial charge in [0.15, 0.2) is 0 Å². The maximum absolute atomic E-state index is 12.1. The lowest BCUT2D eigenvalue weighted by atomic mass is 10.00. The van der Waals surface area contributed by atoms with E-state index in [1.807, 2.05) is 12.1 Å². The van der Waals surface area contributed by atoms with E-state index >= 15 is 0 Å². The maximum atomic E-state index is 12.1. The minimum absolute atomic E-state index is 0.0101. The van der Waals surface area contributed by atoms with Crippen molar-refractivity contribution >= 4 is 17.3 Å². The van der Waals surface area contributed by atoms with Gasteiger partial charge in [0.25, 0.3) is 0 Å². The van der Waals surface area contributed by atoms with E-state index < -0.39 is 0 Å². The smallest absolute Gasteiger partial charge is 0.238 e. The van der Waals surface area contributed by atoms with Crippen LogP contribution in [0, 0.1) is 0 Å². The number of piperazine rings is 1. The fourth-order valence-electron chi connectivity index (χ4n) is 2.50. The van der Waals surface area contributed by atoms with E-state index in [-0.39, 0.29) is 11.4 Å². The molecular formula is C15H24N4O. The highest BCUT2D eigenvalue weighted by molar-refractivity contribution is 5.92. The largest absolute Gasteiger partial charge is 0.399 e. The predicted molar refractivity (Wildman–Crippen MR) is 82.6 cm³/mol. The standard InChI is InChI=1S/C15H24N4O/c1-15(2)11-19(8-7-18(15)3)10-14(20)17-13-6-4-5-12(16)9-13/h4-6,9H,7-8,10-11,16H2,1-3H3,(H,17,20). The molecule has 5 heteroatoms. The molecule has 0 bridgehead atoms. The van der Waals surface area contributed by atoms with Crippen LogP contribution in [0.4, 0.5) is 11.4 Å². The summed E-state index contributed by atoms with van der Waals surface area (Å²) in [5, 5.41) is 2.89. The van der Waals surface area contributed by atoms with Gasteiger partial charge in [-0.1, -0.05) is 6.07 Å². The summed E-state index contributed by atoms with van der Waals surface area (Å²) in [4.78, 5) is 16.6. The number of carbonyl (C=O) groups excluding carboxylic acids is 1. The average molecular weight is 276 g/mol. The Morgan fingerprint density at radius 1 is 1.40 bits per heavy atom. The zero-order valence-electron chi connectivity index (χ0n) is 12.5. The minimum Gasteiger partial charge on any atom is -0.399 e. The Morgan fingerprint density at radius 3 is 2.80 bits per heavy atom. The molecule has 2 rings (SSSR count). The van der Waals surface area contributed by atoms with Crippen LogP contribution in [0.25, 0.3) is 0 Å². The lowest BCUT2D eigenvalue weighted by molar-refractivity contribution is -0.118. The normalized spacial score (nSPS) is 19.8. The zero-order chi connectivity index (χ0) is 14.8. The molecule has 0 aliphatic carbocycles. The molecule has 1 aliphatic rings.